The van der Waals surface area contributed by atoms with E-state index in [0.29, 0.717) is 5.75 Å². The summed E-state index contributed by atoms with van der Waals surface area (Å²) in [6.07, 6.45) is -3.86. The molecule has 0 saturated carbocycles. The van der Waals surface area contributed by atoms with Crippen LogP contribution in [0.15, 0.2) is 29.2 Å². The monoisotopic (exact) mass is 1470 g/mol. The SMILES string of the molecule is COB=NC1CCCNC(=O)[C@@H]2[C@@H](O[Si](C)(C)C(C)(C)C)[C@@H](C)CN2C(=O)[C@H](C(C)O[Si](C)(C)C(C)(C)C)NC(=O)[C@H]([C@@H](Cc2ccc(O[Si](C)(C)C(C)(C)C)cc2)O[Si](C)(C)C(C)(C)C)NC(=O)[C@@H]2C[C@@H](O[Si](C)(C)C(C)(C)C)CN2C(=O)[C@H](C(C)O[Si](C)(C)C(C)(C)C)NC1=O. The molecule has 0 spiro atoms. The minimum absolute atomic E-state index is 0.0218. The van der Waals surface area contributed by atoms with Crippen LogP contribution < -0.4 is 25.7 Å². The fraction of sp³-hybridized carbons (Fsp3) is 0.831. The van der Waals surface area contributed by atoms with Crippen LogP contribution in [0.2, 0.25) is 109 Å². The van der Waals surface area contributed by atoms with E-state index in [-0.39, 0.29) is 76.4 Å². The summed E-state index contributed by atoms with van der Waals surface area (Å²) in [5.41, 5.74) is 0.790. The molecule has 3 heterocycles. The summed E-state index contributed by atoms with van der Waals surface area (Å²) in [6, 6.07) is -0.0356. The molecule has 98 heavy (non-hydrogen) atoms. The molecule has 560 valence electrons. The van der Waals surface area contributed by atoms with Crippen LogP contribution in [0.1, 0.15) is 170 Å². The third kappa shape index (κ3) is 21.6. The summed E-state index contributed by atoms with van der Waals surface area (Å²) in [5, 5.41) is 11.1. The van der Waals surface area contributed by atoms with Crippen LogP contribution in [0, 0.1) is 5.92 Å². The third-order valence-corrected chi connectivity index (χ3v) is 50.6. The van der Waals surface area contributed by atoms with E-state index in [2.05, 4.69) is 229 Å². The van der Waals surface area contributed by atoms with E-state index in [1.807, 2.05) is 31.2 Å². The van der Waals surface area contributed by atoms with Crippen molar-refractivity contribution in [3.8, 4) is 5.75 Å². The fourth-order valence-electron chi connectivity index (χ4n) is 11.0. The first-order chi connectivity index (χ1) is 44.0. The van der Waals surface area contributed by atoms with Gasteiger partial charge < -0.3 is 13.3 Å². The number of carbonyl (C=O) groups is 6. The van der Waals surface area contributed by atoms with Gasteiger partial charge in [0, 0.05) is 0 Å². The van der Waals surface area contributed by atoms with Crippen LogP contribution in [0.5, 0.6) is 5.75 Å². The molecular formula is C71H136BN7O13Si6. The van der Waals surface area contributed by atoms with Gasteiger partial charge in [-0.1, -0.05) is 116 Å². The molecule has 12 atom stereocenters. The van der Waals surface area contributed by atoms with Crippen LogP contribution in [-0.4, -0.2) is 196 Å². The second-order valence-corrected chi connectivity index (χ2v) is 66.2. The molecule has 1 aromatic carbocycles. The summed E-state index contributed by atoms with van der Waals surface area (Å²) < 4.78 is 48.2. The van der Waals surface area contributed by atoms with Gasteiger partial charge in [-0.3, -0.25) is 4.79 Å². The topological polar surface area (TPSA) is 234 Å². The molecule has 3 fully saturated rings. The first kappa shape index (κ1) is 87.0. The second kappa shape index (κ2) is 31.9. The van der Waals surface area contributed by atoms with Crippen molar-refractivity contribution in [2.45, 2.75) is 347 Å². The third-order valence-electron chi connectivity index (χ3n) is 23.6. The van der Waals surface area contributed by atoms with Crippen molar-refractivity contribution in [1.82, 2.24) is 31.1 Å². The van der Waals surface area contributed by atoms with Crippen molar-refractivity contribution in [3.05, 3.63) is 29.8 Å². The van der Waals surface area contributed by atoms with Gasteiger partial charge in [-0.15, -0.1) is 0 Å². The van der Waals surface area contributed by atoms with Crippen LogP contribution in [0.4, 0.5) is 0 Å². The van der Waals surface area contributed by atoms with Crippen molar-refractivity contribution >= 4 is 92.6 Å². The minimum atomic E-state index is -2.94. The number of nitrogens with zero attached hydrogens (tertiary/aromatic N) is 3. The van der Waals surface area contributed by atoms with E-state index in [1.165, 1.54) is 19.3 Å². The van der Waals surface area contributed by atoms with E-state index in [0.717, 1.165) is 5.56 Å². The molecule has 3 aliphatic rings. The second-order valence-electron chi connectivity index (χ2n) is 37.7. The predicted molar refractivity (Wildman–Crippen MR) is 411 cm³/mol. The molecule has 27 heteroatoms. The fourth-order valence-corrected chi connectivity index (χ4v) is 18.9. The predicted octanol–water partition coefficient (Wildman–Crippen LogP) is 13.2. The zero-order valence-electron chi connectivity index (χ0n) is 67.4. The molecule has 0 aliphatic carbocycles. The Balaban J connectivity index is 2.22. The molecule has 0 bridgehead atoms. The average Bonchev–Trinajstić information content (AvgIpc) is 1.58. The number of carbonyl (C=O) groups excluding carboxylic acids is 6. The Hall–Kier alpha value is -3.39. The molecule has 0 aromatic heterocycles. The van der Waals surface area contributed by atoms with Gasteiger partial charge in [0.25, 0.3) is 0 Å². The molecule has 1 aromatic rings. The van der Waals surface area contributed by atoms with Gasteiger partial charge >= 0.3 is 353 Å². The first-order valence-corrected chi connectivity index (χ1v) is 53.5. The van der Waals surface area contributed by atoms with Crippen molar-refractivity contribution < 1.29 is 60.0 Å². The summed E-state index contributed by atoms with van der Waals surface area (Å²) >= 11 is 0. The Bertz CT molecular complexity index is 2950. The van der Waals surface area contributed by atoms with Gasteiger partial charge in [0.15, 0.2) is 16.6 Å². The zero-order chi connectivity index (χ0) is 75.7. The van der Waals surface area contributed by atoms with Crippen molar-refractivity contribution in [2.75, 3.05) is 26.7 Å². The molecule has 3 unspecified atom stereocenters. The summed E-state index contributed by atoms with van der Waals surface area (Å²) in [5.74, 6) is -3.23. The Morgan fingerprint density at radius 3 is 1.42 bits per heavy atom. The van der Waals surface area contributed by atoms with Crippen LogP contribution in [0.3, 0.4) is 0 Å². The quantitative estimate of drug-likeness (QED) is 0.0945. The maximum absolute atomic E-state index is 16.7. The van der Waals surface area contributed by atoms with Gasteiger partial charge in [0.1, 0.15) is 5.75 Å². The van der Waals surface area contributed by atoms with Crippen LogP contribution >= 0.6 is 0 Å². The Morgan fingerprint density at radius 1 is 0.531 bits per heavy atom. The van der Waals surface area contributed by atoms with Gasteiger partial charge in [-0.2, -0.15) is 0 Å². The molecule has 4 N–H and O–H groups in total. The molecule has 3 saturated heterocycles. The van der Waals surface area contributed by atoms with E-state index in [9.17, 15) is 0 Å². The van der Waals surface area contributed by atoms with E-state index < -0.39 is 157 Å². The number of hydrogen-bond donors (Lipinski definition) is 4. The Kier molecular flexibility index (Phi) is 28.3. The molecular weight excluding hydrogens is 1340 g/mol. The van der Waals surface area contributed by atoms with Crippen LogP contribution in [-0.2, 0) is 62.0 Å². The number of benzene rings is 1. The zero-order valence-corrected chi connectivity index (χ0v) is 73.4. The van der Waals surface area contributed by atoms with Gasteiger partial charge in [0.2, 0.25) is 8.32 Å². The van der Waals surface area contributed by atoms with E-state index in [1.54, 1.807) is 18.7 Å². The molecule has 6 amide bonds. The maximum atomic E-state index is 16.7. The Morgan fingerprint density at radius 2 is 0.959 bits per heavy atom. The standard InChI is InChI=1S/C71H136BN7O13Si6/c1-46-44-79-58(59(46)92-98(33,34)71(19,20)21)63(83)73-41-35-36-52(77-72-86-22)60(80)74-55(47(2)87-93(23,24)66(4,5)6)64(84)78-45-51(90-96(29,30)69(13,14)15)43-53(78)61(81)76-57(62(82)75-56(65(79)85)48(3)88-94(25,26)67(7,8)9)54(91-97(31,32)70(16,17)18)42-49-37-39-50(40-38-49)89-95(27,28)68(10,11)12/h37-40,46-48,51-59H,35-36,41-45H2,1-34H3,(H,73,83)(H,74,80)(H,75,82)(H,76,81)/t46-,47?,48?,51+,52?,53-,54+,55-,56-,57-,58-,59-/m0/s1. The summed E-state index contributed by atoms with van der Waals surface area (Å²) in [6.45, 7) is 69.5. The Labute approximate surface area is 600 Å². The molecule has 20 nitrogen and oxygen atoms in total. The van der Waals surface area contributed by atoms with Crippen molar-refractivity contribution in [3.63, 3.8) is 0 Å². The van der Waals surface area contributed by atoms with Crippen LogP contribution in [0.25, 0.3) is 0 Å². The number of fused-ring (bicyclic) bond motifs is 2. The molecule has 4 rings (SSSR count). The number of rotatable bonds is 19. The summed E-state index contributed by atoms with van der Waals surface area (Å²) in [4.78, 5) is 104. The number of hydrogen-bond acceptors (Lipinski definition) is 14. The van der Waals surface area contributed by atoms with Gasteiger partial charge in [-0.25, -0.2) is 0 Å². The molecule has 0 radical (unpaired) electrons. The van der Waals surface area contributed by atoms with Crippen molar-refractivity contribution in [1.29, 1.82) is 0 Å². The van der Waals surface area contributed by atoms with Gasteiger partial charge in [-0.05, 0) is 85.4 Å². The van der Waals surface area contributed by atoms with Gasteiger partial charge in [0.05, 0.1) is 0 Å². The normalized spacial score (nSPS) is 25.5. The van der Waals surface area contributed by atoms with E-state index >= 15 is 28.8 Å². The van der Waals surface area contributed by atoms with E-state index in [4.69, 9.17) is 31.2 Å². The van der Waals surface area contributed by atoms with Crippen molar-refractivity contribution in [2.24, 2.45) is 10.8 Å². The number of nitrogens with one attached hydrogen (secondary N) is 4. The molecule has 3 aliphatic heterocycles. The average molecular weight is 1480 g/mol. The summed E-state index contributed by atoms with van der Waals surface area (Å²) in [7, 11) is -13.3. The number of amides is 6. The first-order valence-electron chi connectivity index (χ1n) is 36.1.